The average Bonchev–Trinajstić information content (AvgIpc) is 2.61. The van der Waals surface area contributed by atoms with E-state index in [1.165, 1.54) is 6.07 Å². The molecule has 2 aromatic carbocycles. The van der Waals surface area contributed by atoms with Gasteiger partial charge in [0.1, 0.15) is 6.10 Å². The fourth-order valence-corrected chi connectivity index (χ4v) is 2.09. The Kier molecular flexibility index (Phi) is 5.26. The smallest absolute Gasteiger partial charge is 0.339 e. The van der Waals surface area contributed by atoms with E-state index in [-0.39, 0.29) is 11.1 Å². The molecule has 0 saturated heterocycles. The number of hydrogen-bond acceptors (Lipinski definition) is 6. The van der Waals surface area contributed by atoms with Gasteiger partial charge < -0.3 is 9.47 Å². The summed E-state index contributed by atoms with van der Waals surface area (Å²) in [5.41, 5.74) is 0.208. The van der Waals surface area contributed by atoms with Crippen molar-refractivity contribution in [2.75, 3.05) is 7.11 Å². The van der Waals surface area contributed by atoms with Crippen molar-refractivity contribution in [3.05, 3.63) is 75.3 Å². The van der Waals surface area contributed by atoms with Gasteiger partial charge >= 0.3 is 11.9 Å². The van der Waals surface area contributed by atoms with Crippen LogP contribution in [0.25, 0.3) is 0 Å². The summed E-state index contributed by atoms with van der Waals surface area (Å²) in [6.45, 7) is 1.69. The standard InChI is InChI=1S/C17H15NO6/c1-11(12-6-4-3-5-7-12)24-17(20)14-8-13(16(19)23-2)9-15(10-14)18(21)22/h3-11H,1-2H3/t11-/m1/s1. The summed E-state index contributed by atoms with van der Waals surface area (Å²) in [5, 5.41) is 11.0. The molecule has 0 bridgehead atoms. The van der Waals surface area contributed by atoms with E-state index in [0.717, 1.165) is 24.8 Å². The molecule has 0 aliphatic carbocycles. The predicted octanol–water partition coefficient (Wildman–Crippen LogP) is 3.30. The van der Waals surface area contributed by atoms with Crippen LogP contribution in [0, 0.1) is 10.1 Å². The van der Waals surface area contributed by atoms with Crippen LogP contribution in [0.4, 0.5) is 5.69 Å². The zero-order valence-electron chi connectivity index (χ0n) is 13.1. The topological polar surface area (TPSA) is 95.7 Å². The lowest BCUT2D eigenvalue weighted by Crippen LogP contribution is -2.11. The van der Waals surface area contributed by atoms with Crippen LogP contribution in [-0.4, -0.2) is 24.0 Å². The van der Waals surface area contributed by atoms with E-state index in [4.69, 9.17) is 4.74 Å². The maximum atomic E-state index is 12.3. The number of nitro groups is 1. The number of ether oxygens (including phenoxy) is 2. The Morgan fingerprint density at radius 1 is 1.04 bits per heavy atom. The van der Waals surface area contributed by atoms with Crippen molar-refractivity contribution in [1.29, 1.82) is 0 Å². The lowest BCUT2D eigenvalue weighted by atomic mass is 10.1. The predicted molar refractivity (Wildman–Crippen MR) is 84.7 cm³/mol. The van der Waals surface area contributed by atoms with Crippen LogP contribution in [0.1, 0.15) is 39.3 Å². The Bertz CT molecular complexity index is 772. The van der Waals surface area contributed by atoms with Gasteiger partial charge in [0, 0.05) is 12.1 Å². The highest BCUT2D eigenvalue weighted by atomic mass is 16.6. The highest BCUT2D eigenvalue weighted by molar-refractivity contribution is 5.96. The first-order chi connectivity index (χ1) is 11.4. The van der Waals surface area contributed by atoms with E-state index in [1.807, 2.05) is 18.2 Å². The van der Waals surface area contributed by atoms with E-state index in [1.54, 1.807) is 19.1 Å². The number of carbonyl (C=O) groups is 2. The van der Waals surface area contributed by atoms with Crippen LogP contribution in [-0.2, 0) is 9.47 Å². The summed E-state index contributed by atoms with van der Waals surface area (Å²) in [7, 11) is 1.15. The first-order valence-electron chi connectivity index (χ1n) is 7.06. The van der Waals surface area contributed by atoms with E-state index in [2.05, 4.69) is 4.74 Å². The third-order valence-corrected chi connectivity index (χ3v) is 3.34. The molecule has 0 saturated carbocycles. The number of nitrogens with zero attached hydrogens (tertiary/aromatic N) is 1. The molecular formula is C17H15NO6. The van der Waals surface area contributed by atoms with Gasteiger partial charge in [-0.15, -0.1) is 0 Å². The van der Waals surface area contributed by atoms with Crippen molar-refractivity contribution in [2.45, 2.75) is 13.0 Å². The van der Waals surface area contributed by atoms with Crippen LogP contribution in [0.5, 0.6) is 0 Å². The minimum Gasteiger partial charge on any atom is -0.465 e. The molecule has 0 radical (unpaired) electrons. The largest absolute Gasteiger partial charge is 0.465 e. The second kappa shape index (κ2) is 7.36. The molecule has 0 N–H and O–H groups in total. The summed E-state index contributed by atoms with van der Waals surface area (Å²) in [4.78, 5) is 34.2. The Morgan fingerprint density at radius 2 is 1.62 bits per heavy atom. The van der Waals surface area contributed by atoms with Crippen LogP contribution in [0.2, 0.25) is 0 Å². The molecule has 124 valence electrons. The lowest BCUT2D eigenvalue weighted by molar-refractivity contribution is -0.384. The third-order valence-electron chi connectivity index (χ3n) is 3.34. The van der Waals surface area contributed by atoms with Crippen LogP contribution >= 0.6 is 0 Å². The van der Waals surface area contributed by atoms with E-state index >= 15 is 0 Å². The van der Waals surface area contributed by atoms with Crippen LogP contribution in [0.15, 0.2) is 48.5 Å². The molecule has 7 nitrogen and oxygen atoms in total. The summed E-state index contributed by atoms with van der Waals surface area (Å²) in [5.74, 6) is -1.54. The Balaban J connectivity index is 2.29. The maximum absolute atomic E-state index is 12.3. The van der Waals surface area contributed by atoms with Gasteiger partial charge in [0.15, 0.2) is 0 Å². The van der Waals surface area contributed by atoms with Gasteiger partial charge in [0.2, 0.25) is 0 Å². The minimum atomic E-state index is -0.774. The summed E-state index contributed by atoms with van der Waals surface area (Å²) in [6.07, 6.45) is -0.542. The SMILES string of the molecule is COC(=O)c1cc(C(=O)O[C@H](C)c2ccccc2)cc([N+](=O)[O-])c1. The molecule has 0 unspecified atom stereocenters. The molecule has 0 amide bonds. The molecule has 1 atom stereocenters. The second-order valence-electron chi connectivity index (χ2n) is 4.98. The molecule has 0 aliphatic rings. The molecular weight excluding hydrogens is 314 g/mol. The molecule has 7 heteroatoms. The van der Waals surface area contributed by atoms with Gasteiger partial charge in [-0.05, 0) is 18.6 Å². The van der Waals surface area contributed by atoms with Crippen molar-refractivity contribution >= 4 is 17.6 Å². The zero-order valence-corrected chi connectivity index (χ0v) is 13.1. The fraction of sp³-hybridized carbons (Fsp3) is 0.176. The van der Waals surface area contributed by atoms with Crippen molar-refractivity contribution in [3.8, 4) is 0 Å². The maximum Gasteiger partial charge on any atom is 0.339 e. The number of hydrogen-bond donors (Lipinski definition) is 0. The van der Waals surface area contributed by atoms with Crippen LogP contribution in [0.3, 0.4) is 0 Å². The quantitative estimate of drug-likeness (QED) is 0.474. The number of carbonyl (C=O) groups excluding carboxylic acids is 2. The van der Waals surface area contributed by atoms with Crippen molar-refractivity contribution in [1.82, 2.24) is 0 Å². The van der Waals surface area contributed by atoms with Gasteiger partial charge in [-0.2, -0.15) is 0 Å². The Morgan fingerprint density at radius 3 is 2.17 bits per heavy atom. The molecule has 2 aromatic rings. The van der Waals surface area contributed by atoms with Gasteiger partial charge in [0.05, 0.1) is 23.2 Å². The Labute approximate surface area is 138 Å². The zero-order chi connectivity index (χ0) is 17.7. The van der Waals surface area contributed by atoms with Crippen LogP contribution < -0.4 is 0 Å². The third kappa shape index (κ3) is 3.95. The first kappa shape index (κ1) is 17.1. The normalized spacial score (nSPS) is 11.4. The number of nitro benzene ring substituents is 1. The Hall–Kier alpha value is -3.22. The number of benzene rings is 2. The molecule has 0 spiro atoms. The van der Waals surface area contributed by atoms with Gasteiger partial charge in [-0.25, -0.2) is 9.59 Å². The van der Waals surface area contributed by atoms with Gasteiger partial charge in [-0.3, -0.25) is 10.1 Å². The number of methoxy groups -OCH3 is 1. The van der Waals surface area contributed by atoms with E-state index in [9.17, 15) is 19.7 Å². The monoisotopic (exact) mass is 329 g/mol. The molecule has 0 aromatic heterocycles. The van der Waals surface area contributed by atoms with Crippen molar-refractivity contribution in [3.63, 3.8) is 0 Å². The first-order valence-corrected chi connectivity index (χ1v) is 7.06. The second-order valence-corrected chi connectivity index (χ2v) is 4.98. The van der Waals surface area contributed by atoms with Gasteiger partial charge in [-0.1, -0.05) is 30.3 Å². The van der Waals surface area contributed by atoms with Gasteiger partial charge in [0.25, 0.3) is 5.69 Å². The van der Waals surface area contributed by atoms with E-state index < -0.39 is 28.7 Å². The summed E-state index contributed by atoms with van der Waals surface area (Å²) < 4.78 is 9.85. The minimum absolute atomic E-state index is 0.0904. The number of rotatable bonds is 5. The van der Waals surface area contributed by atoms with Crippen molar-refractivity contribution in [2.24, 2.45) is 0 Å². The highest BCUT2D eigenvalue weighted by Crippen LogP contribution is 2.22. The molecule has 0 heterocycles. The molecule has 0 aliphatic heterocycles. The summed E-state index contributed by atoms with van der Waals surface area (Å²) >= 11 is 0. The number of esters is 2. The summed E-state index contributed by atoms with van der Waals surface area (Å²) in [6, 6.07) is 12.4. The highest BCUT2D eigenvalue weighted by Gasteiger charge is 2.20. The average molecular weight is 329 g/mol. The lowest BCUT2D eigenvalue weighted by Gasteiger charge is -2.13. The van der Waals surface area contributed by atoms with Crippen molar-refractivity contribution < 1.29 is 24.0 Å². The fourth-order valence-electron chi connectivity index (χ4n) is 2.09. The van der Waals surface area contributed by atoms with E-state index in [0.29, 0.717) is 0 Å². The number of non-ortho nitro benzene ring substituents is 1. The molecule has 2 rings (SSSR count). The molecule has 0 fully saturated rings. The molecule has 24 heavy (non-hydrogen) atoms.